The molecule has 74 valence electrons. The Balaban J connectivity index is 3.26. The van der Waals surface area contributed by atoms with E-state index >= 15 is 0 Å². The van der Waals surface area contributed by atoms with Crippen LogP contribution in [-0.4, -0.2) is 12.1 Å². The number of halogens is 2. The van der Waals surface area contributed by atoms with Crippen LogP contribution in [0.4, 0.5) is 0 Å². The van der Waals surface area contributed by atoms with Gasteiger partial charge in [0, 0.05) is 9.13 Å². The second kappa shape index (κ2) is 4.89. The summed E-state index contributed by atoms with van der Waals surface area (Å²) in [6, 6.07) is 5.28. The second-order valence-corrected chi connectivity index (χ2v) is 4.43. The fraction of sp³-hybridized carbons (Fsp3) is 0.200. The Hall–Kier alpha value is -0.420. The van der Waals surface area contributed by atoms with Crippen LogP contribution >= 0.6 is 34.2 Å². The number of carbonyl (C=O) groups is 2. The van der Waals surface area contributed by atoms with Gasteiger partial charge < -0.3 is 0 Å². The molecule has 0 amide bonds. The molecule has 0 fully saturated rings. The summed E-state index contributed by atoms with van der Waals surface area (Å²) >= 11 is 7.93. The highest BCUT2D eigenvalue weighted by molar-refractivity contribution is 14.1. The molecule has 0 aliphatic carbocycles. The largest absolute Gasteiger partial charge is 0.298 e. The van der Waals surface area contributed by atoms with Crippen molar-refractivity contribution in [3.05, 3.63) is 32.9 Å². The van der Waals surface area contributed by atoms with Gasteiger partial charge in [0.05, 0.1) is 0 Å². The zero-order chi connectivity index (χ0) is 10.7. The minimum atomic E-state index is -0.732. The van der Waals surface area contributed by atoms with Crippen LogP contribution in [0.25, 0.3) is 0 Å². The third kappa shape index (κ3) is 2.33. The van der Waals surface area contributed by atoms with Crippen LogP contribution in [0.15, 0.2) is 18.2 Å². The molecule has 2 nitrogen and oxygen atoms in total. The van der Waals surface area contributed by atoms with E-state index in [0.717, 1.165) is 9.86 Å². The molecule has 1 aromatic carbocycles. The number of rotatable bonds is 3. The molecular formula is C10H8ClIO2. The monoisotopic (exact) mass is 322 g/mol. The molecule has 0 saturated carbocycles. The smallest absolute Gasteiger partial charge is 0.152 e. The van der Waals surface area contributed by atoms with Crippen molar-refractivity contribution in [1.82, 2.24) is 0 Å². The molecular weight excluding hydrogens is 314 g/mol. The Labute approximate surface area is 101 Å². The number of hydrogen-bond donors (Lipinski definition) is 0. The number of hydrogen-bond acceptors (Lipinski definition) is 2. The molecule has 4 heteroatoms. The number of Topliss-reactive ketones (excluding diaryl/α,β-unsaturated/α-hetero) is 1. The van der Waals surface area contributed by atoms with E-state index in [1.54, 1.807) is 18.2 Å². The van der Waals surface area contributed by atoms with Crippen LogP contribution in [0.1, 0.15) is 28.2 Å². The van der Waals surface area contributed by atoms with Gasteiger partial charge in [0.2, 0.25) is 0 Å². The highest BCUT2D eigenvalue weighted by Crippen LogP contribution is 2.26. The summed E-state index contributed by atoms with van der Waals surface area (Å²) in [5.41, 5.74) is 1.09. The Morgan fingerprint density at radius 1 is 1.57 bits per heavy atom. The van der Waals surface area contributed by atoms with Gasteiger partial charge in [-0.2, -0.15) is 0 Å². The van der Waals surface area contributed by atoms with Gasteiger partial charge in [-0.1, -0.05) is 12.1 Å². The van der Waals surface area contributed by atoms with Crippen LogP contribution < -0.4 is 0 Å². The first-order chi connectivity index (χ1) is 6.57. The fourth-order valence-electron chi connectivity index (χ4n) is 1.12. The van der Waals surface area contributed by atoms with Crippen molar-refractivity contribution in [2.45, 2.75) is 12.3 Å². The Morgan fingerprint density at radius 2 is 2.21 bits per heavy atom. The lowest BCUT2D eigenvalue weighted by Crippen LogP contribution is -2.06. The van der Waals surface area contributed by atoms with Crippen molar-refractivity contribution in [1.29, 1.82) is 0 Å². The first-order valence-corrected chi connectivity index (χ1v) is 5.47. The minimum Gasteiger partial charge on any atom is -0.298 e. The lowest BCUT2D eigenvalue weighted by atomic mass is 10.0. The Bertz CT molecular complexity index is 376. The molecule has 0 aliphatic heterocycles. The summed E-state index contributed by atoms with van der Waals surface area (Å²) in [6.07, 6.45) is 0.732. The molecule has 0 bridgehead atoms. The van der Waals surface area contributed by atoms with Gasteiger partial charge in [-0.25, -0.2) is 0 Å². The molecule has 0 spiro atoms. The molecule has 1 unspecified atom stereocenters. The van der Waals surface area contributed by atoms with Crippen LogP contribution in [0.3, 0.4) is 0 Å². The normalized spacial score (nSPS) is 12.2. The van der Waals surface area contributed by atoms with E-state index in [1.165, 1.54) is 6.92 Å². The van der Waals surface area contributed by atoms with Crippen LogP contribution in [-0.2, 0) is 4.79 Å². The van der Waals surface area contributed by atoms with Gasteiger partial charge in [0.1, 0.15) is 5.38 Å². The summed E-state index contributed by atoms with van der Waals surface area (Å²) in [5, 5.41) is -0.732. The number of alkyl halides is 1. The van der Waals surface area contributed by atoms with Crippen molar-refractivity contribution in [3.8, 4) is 0 Å². The number of benzene rings is 1. The van der Waals surface area contributed by atoms with Crippen LogP contribution in [0, 0.1) is 3.57 Å². The van der Waals surface area contributed by atoms with E-state index in [9.17, 15) is 9.59 Å². The molecule has 1 aromatic rings. The molecule has 0 saturated heterocycles. The Morgan fingerprint density at radius 3 is 2.71 bits per heavy atom. The zero-order valence-corrected chi connectivity index (χ0v) is 10.4. The molecule has 14 heavy (non-hydrogen) atoms. The summed E-state index contributed by atoms with van der Waals surface area (Å²) in [4.78, 5) is 21.9. The highest BCUT2D eigenvalue weighted by Gasteiger charge is 2.17. The third-order valence-corrected chi connectivity index (χ3v) is 3.32. The van der Waals surface area contributed by atoms with Gasteiger partial charge in [0.15, 0.2) is 12.1 Å². The van der Waals surface area contributed by atoms with Crippen LogP contribution in [0.5, 0.6) is 0 Å². The third-order valence-electron chi connectivity index (χ3n) is 1.83. The number of aldehydes is 1. The molecule has 0 aliphatic rings. The van der Waals surface area contributed by atoms with Crippen molar-refractivity contribution >= 4 is 46.3 Å². The maximum Gasteiger partial charge on any atom is 0.152 e. The lowest BCUT2D eigenvalue weighted by molar-refractivity contribution is -0.116. The summed E-state index contributed by atoms with van der Waals surface area (Å²) in [7, 11) is 0. The van der Waals surface area contributed by atoms with E-state index in [2.05, 4.69) is 0 Å². The quantitative estimate of drug-likeness (QED) is 0.487. The first-order valence-electron chi connectivity index (χ1n) is 3.96. The second-order valence-electron chi connectivity index (χ2n) is 2.83. The van der Waals surface area contributed by atoms with Crippen molar-refractivity contribution in [2.75, 3.05) is 0 Å². The minimum absolute atomic E-state index is 0.156. The summed E-state index contributed by atoms with van der Waals surface area (Å²) < 4.78 is 0.807. The Kier molecular flexibility index (Phi) is 4.07. The van der Waals surface area contributed by atoms with Gasteiger partial charge in [0.25, 0.3) is 0 Å². The zero-order valence-electron chi connectivity index (χ0n) is 7.46. The number of carbonyl (C=O) groups excluding carboxylic acids is 2. The SMILES string of the molecule is CC(=O)C(Cl)c1cccc(I)c1C=O. The molecule has 0 N–H and O–H groups in total. The average molecular weight is 323 g/mol. The van der Waals surface area contributed by atoms with E-state index in [4.69, 9.17) is 11.6 Å². The van der Waals surface area contributed by atoms with Crippen molar-refractivity contribution < 1.29 is 9.59 Å². The maximum atomic E-state index is 11.1. The predicted octanol–water partition coefficient (Wildman–Crippen LogP) is 2.97. The highest BCUT2D eigenvalue weighted by atomic mass is 127. The number of ketones is 1. The average Bonchev–Trinajstić information content (AvgIpc) is 2.16. The van der Waals surface area contributed by atoms with Crippen LogP contribution in [0.2, 0.25) is 0 Å². The summed E-state index contributed by atoms with van der Waals surface area (Å²) in [5.74, 6) is -0.156. The van der Waals surface area contributed by atoms with Gasteiger partial charge >= 0.3 is 0 Å². The predicted molar refractivity (Wildman–Crippen MR) is 63.8 cm³/mol. The molecule has 0 radical (unpaired) electrons. The van der Waals surface area contributed by atoms with Gasteiger partial charge in [-0.15, -0.1) is 11.6 Å². The van der Waals surface area contributed by atoms with Gasteiger partial charge in [-0.3, -0.25) is 9.59 Å². The molecule has 1 rings (SSSR count). The molecule has 0 aromatic heterocycles. The molecule has 0 heterocycles. The lowest BCUT2D eigenvalue weighted by Gasteiger charge is -2.09. The van der Waals surface area contributed by atoms with Crippen molar-refractivity contribution in [2.24, 2.45) is 0 Å². The van der Waals surface area contributed by atoms with Crippen molar-refractivity contribution in [3.63, 3.8) is 0 Å². The van der Waals surface area contributed by atoms with E-state index < -0.39 is 5.38 Å². The summed E-state index contributed by atoms with van der Waals surface area (Å²) in [6.45, 7) is 1.41. The fourth-order valence-corrected chi connectivity index (χ4v) is 1.95. The topological polar surface area (TPSA) is 34.1 Å². The van der Waals surface area contributed by atoms with Gasteiger partial charge in [-0.05, 0) is 41.1 Å². The van der Waals surface area contributed by atoms with E-state index in [0.29, 0.717) is 11.1 Å². The molecule has 1 atom stereocenters. The maximum absolute atomic E-state index is 11.1. The standard InChI is InChI=1S/C10H8ClIO2/c1-6(14)10(11)7-3-2-4-9(12)8(7)5-13/h2-5,10H,1H3. The van der Waals surface area contributed by atoms with E-state index in [-0.39, 0.29) is 5.78 Å². The van der Waals surface area contributed by atoms with E-state index in [1.807, 2.05) is 22.6 Å². The first kappa shape index (κ1) is 11.7.